The molecule has 0 saturated heterocycles. The van der Waals surface area contributed by atoms with Gasteiger partial charge in [0.1, 0.15) is 11.9 Å². The van der Waals surface area contributed by atoms with Crippen molar-refractivity contribution in [2.75, 3.05) is 5.88 Å². The fourth-order valence-electron chi connectivity index (χ4n) is 1.93. The van der Waals surface area contributed by atoms with Gasteiger partial charge < -0.3 is 5.32 Å². The molecule has 0 bridgehead atoms. The van der Waals surface area contributed by atoms with Crippen LogP contribution in [0.15, 0.2) is 30.3 Å². The minimum atomic E-state index is -0.591. The summed E-state index contributed by atoms with van der Waals surface area (Å²) >= 11 is 5.51. The van der Waals surface area contributed by atoms with E-state index in [4.69, 9.17) is 11.6 Å². The second-order valence-electron chi connectivity index (χ2n) is 5.06. The van der Waals surface area contributed by atoms with Crippen molar-refractivity contribution in [3.8, 4) is 0 Å². The minimum absolute atomic E-state index is 0.0370. The molecule has 1 aromatic rings. The first kappa shape index (κ1) is 16.7. The molecule has 20 heavy (non-hydrogen) atoms. The van der Waals surface area contributed by atoms with Gasteiger partial charge in [0.25, 0.3) is 0 Å². The highest BCUT2D eigenvalue weighted by atomic mass is 35.5. The van der Waals surface area contributed by atoms with Crippen LogP contribution in [0.3, 0.4) is 0 Å². The molecule has 0 radical (unpaired) electrons. The van der Waals surface area contributed by atoms with Gasteiger partial charge in [0.05, 0.1) is 0 Å². The average Bonchev–Trinajstić information content (AvgIpc) is 2.50. The number of hydrogen-bond acceptors (Lipinski definition) is 2. The molecular formula is C16H22ClNO2. The average molecular weight is 296 g/mol. The van der Waals surface area contributed by atoms with E-state index < -0.39 is 6.04 Å². The van der Waals surface area contributed by atoms with E-state index in [0.29, 0.717) is 12.3 Å². The molecule has 1 N–H and O–H groups in total. The summed E-state index contributed by atoms with van der Waals surface area (Å²) in [5, 5.41) is 2.70. The van der Waals surface area contributed by atoms with E-state index >= 15 is 0 Å². The van der Waals surface area contributed by atoms with Gasteiger partial charge >= 0.3 is 0 Å². The second-order valence-corrected chi connectivity index (χ2v) is 5.33. The molecule has 0 saturated carbocycles. The van der Waals surface area contributed by atoms with Crippen LogP contribution in [-0.4, -0.2) is 17.6 Å². The Morgan fingerprint density at radius 2 is 1.90 bits per heavy atom. The molecule has 2 unspecified atom stereocenters. The molecule has 0 aliphatic carbocycles. The highest BCUT2D eigenvalue weighted by molar-refractivity contribution is 6.27. The fourth-order valence-corrected chi connectivity index (χ4v) is 2.01. The Bertz CT molecular complexity index is 433. The number of carbonyl (C=O) groups is 2. The Balaban J connectivity index is 2.77. The van der Waals surface area contributed by atoms with E-state index in [0.717, 1.165) is 18.4 Å². The Hall–Kier alpha value is -1.35. The molecule has 0 fully saturated rings. The lowest BCUT2D eigenvalue weighted by molar-refractivity contribution is -0.127. The number of rotatable bonds is 8. The number of benzene rings is 1. The van der Waals surface area contributed by atoms with E-state index in [1.807, 2.05) is 30.3 Å². The maximum Gasteiger partial charge on any atom is 0.235 e. The van der Waals surface area contributed by atoms with Gasteiger partial charge in [0.15, 0.2) is 5.78 Å². The lowest BCUT2D eigenvalue weighted by Crippen LogP contribution is -2.34. The van der Waals surface area contributed by atoms with E-state index in [9.17, 15) is 9.59 Å². The lowest BCUT2D eigenvalue weighted by atomic mass is 9.95. The number of alkyl halides is 1. The van der Waals surface area contributed by atoms with Crippen LogP contribution in [0.4, 0.5) is 0 Å². The SMILES string of the molecule is CCC(C)CCC(=O)C(NC(=O)CCl)c1ccccc1. The van der Waals surface area contributed by atoms with Crippen LogP contribution < -0.4 is 5.32 Å². The van der Waals surface area contributed by atoms with Crippen molar-refractivity contribution in [2.24, 2.45) is 5.92 Å². The zero-order valence-electron chi connectivity index (χ0n) is 12.1. The zero-order valence-corrected chi connectivity index (χ0v) is 12.8. The van der Waals surface area contributed by atoms with E-state index in [2.05, 4.69) is 19.2 Å². The number of ketones is 1. The molecular weight excluding hydrogens is 274 g/mol. The molecule has 2 atom stereocenters. The van der Waals surface area contributed by atoms with Crippen LogP contribution >= 0.6 is 11.6 Å². The monoisotopic (exact) mass is 295 g/mol. The maximum atomic E-state index is 12.4. The van der Waals surface area contributed by atoms with Crippen molar-refractivity contribution in [3.05, 3.63) is 35.9 Å². The van der Waals surface area contributed by atoms with E-state index in [-0.39, 0.29) is 17.6 Å². The first-order valence-corrected chi connectivity index (χ1v) is 7.54. The van der Waals surface area contributed by atoms with Crippen LogP contribution in [-0.2, 0) is 9.59 Å². The second kappa shape index (κ2) is 8.75. The van der Waals surface area contributed by atoms with Gasteiger partial charge in [-0.15, -0.1) is 11.6 Å². The highest BCUT2D eigenvalue weighted by Gasteiger charge is 2.22. The van der Waals surface area contributed by atoms with Gasteiger partial charge in [-0.1, -0.05) is 50.6 Å². The quantitative estimate of drug-likeness (QED) is 0.746. The fraction of sp³-hybridized carbons (Fsp3) is 0.500. The topological polar surface area (TPSA) is 46.2 Å². The van der Waals surface area contributed by atoms with Crippen molar-refractivity contribution in [1.29, 1.82) is 0 Å². The smallest absolute Gasteiger partial charge is 0.235 e. The van der Waals surface area contributed by atoms with Crippen molar-refractivity contribution >= 4 is 23.3 Å². The highest BCUT2D eigenvalue weighted by Crippen LogP contribution is 2.19. The zero-order chi connectivity index (χ0) is 15.0. The molecule has 0 aliphatic rings. The third kappa shape index (κ3) is 5.33. The summed E-state index contributed by atoms with van der Waals surface area (Å²) in [6.45, 7) is 4.24. The Morgan fingerprint density at radius 3 is 2.45 bits per heavy atom. The van der Waals surface area contributed by atoms with Gasteiger partial charge in [0.2, 0.25) is 5.91 Å². The molecule has 0 heterocycles. The summed E-state index contributed by atoms with van der Waals surface area (Å²) < 4.78 is 0. The molecule has 110 valence electrons. The van der Waals surface area contributed by atoms with Crippen LogP contribution in [0.5, 0.6) is 0 Å². The van der Waals surface area contributed by atoms with Crippen molar-refractivity contribution in [1.82, 2.24) is 5.32 Å². The summed E-state index contributed by atoms with van der Waals surface area (Å²) in [6, 6.07) is 8.70. The van der Waals surface area contributed by atoms with Gasteiger partial charge in [-0.3, -0.25) is 9.59 Å². The van der Waals surface area contributed by atoms with Crippen LogP contribution in [0.2, 0.25) is 0 Å². The number of halogens is 1. The Morgan fingerprint density at radius 1 is 1.25 bits per heavy atom. The molecule has 1 aromatic carbocycles. The molecule has 1 rings (SSSR count). The summed E-state index contributed by atoms with van der Waals surface area (Å²) in [5.41, 5.74) is 0.806. The number of nitrogens with one attached hydrogen (secondary N) is 1. The molecule has 0 aromatic heterocycles. The summed E-state index contributed by atoms with van der Waals surface area (Å²) in [4.78, 5) is 23.9. The molecule has 4 heteroatoms. The molecule has 3 nitrogen and oxygen atoms in total. The van der Waals surface area contributed by atoms with Gasteiger partial charge in [0, 0.05) is 6.42 Å². The molecule has 0 spiro atoms. The normalized spacial score (nSPS) is 13.6. The molecule has 0 aliphatic heterocycles. The van der Waals surface area contributed by atoms with Crippen LogP contribution in [0.1, 0.15) is 44.7 Å². The van der Waals surface area contributed by atoms with Crippen molar-refractivity contribution in [3.63, 3.8) is 0 Å². The van der Waals surface area contributed by atoms with Crippen LogP contribution in [0, 0.1) is 5.92 Å². The minimum Gasteiger partial charge on any atom is -0.341 e. The van der Waals surface area contributed by atoms with Gasteiger partial charge in [-0.25, -0.2) is 0 Å². The summed E-state index contributed by atoms with van der Waals surface area (Å²) in [5.74, 6) is 0.0913. The third-order valence-electron chi connectivity index (χ3n) is 3.46. The Labute approximate surface area is 125 Å². The number of Topliss-reactive ketones (excluding diaryl/α,β-unsaturated/α-hetero) is 1. The summed E-state index contributed by atoms with van der Waals surface area (Å²) in [6.07, 6.45) is 2.36. The predicted octanol–water partition coefficient (Wildman–Crippen LogP) is 3.48. The lowest BCUT2D eigenvalue weighted by Gasteiger charge is -2.18. The molecule has 1 amide bonds. The first-order chi connectivity index (χ1) is 9.58. The number of carbonyl (C=O) groups excluding carboxylic acids is 2. The van der Waals surface area contributed by atoms with Crippen LogP contribution in [0.25, 0.3) is 0 Å². The maximum absolute atomic E-state index is 12.4. The predicted molar refractivity (Wildman–Crippen MR) is 81.7 cm³/mol. The largest absolute Gasteiger partial charge is 0.341 e. The number of hydrogen-bond donors (Lipinski definition) is 1. The third-order valence-corrected chi connectivity index (χ3v) is 3.70. The summed E-state index contributed by atoms with van der Waals surface area (Å²) in [7, 11) is 0. The van der Waals surface area contributed by atoms with Gasteiger partial charge in [-0.2, -0.15) is 0 Å². The number of amides is 1. The van der Waals surface area contributed by atoms with Gasteiger partial charge in [-0.05, 0) is 17.9 Å². The Kier molecular flexibility index (Phi) is 7.31. The van der Waals surface area contributed by atoms with Crippen molar-refractivity contribution in [2.45, 2.75) is 39.2 Å². The standard InChI is InChI=1S/C16H22ClNO2/c1-3-12(2)9-10-14(19)16(18-15(20)11-17)13-7-5-4-6-8-13/h4-8,12,16H,3,9-11H2,1-2H3,(H,18,20). The first-order valence-electron chi connectivity index (χ1n) is 7.01. The van der Waals surface area contributed by atoms with Crippen molar-refractivity contribution < 1.29 is 9.59 Å². The van der Waals surface area contributed by atoms with E-state index in [1.54, 1.807) is 0 Å². The van der Waals surface area contributed by atoms with E-state index in [1.165, 1.54) is 0 Å².